The normalized spacial score (nSPS) is 15.7. The van der Waals surface area contributed by atoms with Gasteiger partial charge in [0.1, 0.15) is 12.4 Å². The highest BCUT2D eigenvalue weighted by molar-refractivity contribution is 6.30. The number of amides is 2. The number of nitrogens with zero attached hydrogens (tertiary/aromatic N) is 2. The van der Waals surface area contributed by atoms with Crippen LogP contribution in [0.2, 0.25) is 5.02 Å². The summed E-state index contributed by atoms with van der Waals surface area (Å²) < 4.78 is 5.61. The molecule has 146 valence electrons. The number of halogens is 1. The molecule has 0 unspecified atom stereocenters. The fraction of sp³-hybridized carbons (Fsp3) is 0.650. The molecule has 6 heteroatoms. The first-order chi connectivity index (χ1) is 12.5. The standard InChI is InChI=1S/C20H32ClN3O2/c1-17-8-12-24(13-9-17)11-4-3-10-22-20(25)23(2)14-15-26-19-7-5-6-18(21)16-19/h5-7,16-17H,3-4,8-15H2,1-2H3,(H,22,25). The van der Waals surface area contributed by atoms with Crippen LogP contribution in [0, 0.1) is 5.92 Å². The number of carbonyl (C=O) groups is 1. The number of ether oxygens (including phenoxy) is 1. The molecule has 0 radical (unpaired) electrons. The van der Waals surface area contributed by atoms with Crippen molar-refractivity contribution >= 4 is 17.6 Å². The number of carbonyl (C=O) groups excluding carboxylic acids is 1. The van der Waals surface area contributed by atoms with Gasteiger partial charge in [0.2, 0.25) is 0 Å². The molecule has 0 spiro atoms. The van der Waals surface area contributed by atoms with Gasteiger partial charge in [0, 0.05) is 18.6 Å². The second-order valence-corrected chi connectivity index (χ2v) is 7.63. The summed E-state index contributed by atoms with van der Waals surface area (Å²) >= 11 is 5.92. The van der Waals surface area contributed by atoms with Crippen LogP contribution in [0.5, 0.6) is 5.75 Å². The largest absolute Gasteiger partial charge is 0.492 e. The van der Waals surface area contributed by atoms with Crippen molar-refractivity contribution in [2.45, 2.75) is 32.6 Å². The minimum absolute atomic E-state index is 0.0495. The lowest BCUT2D eigenvalue weighted by atomic mass is 9.99. The van der Waals surface area contributed by atoms with E-state index in [2.05, 4.69) is 17.1 Å². The Morgan fingerprint density at radius 3 is 2.85 bits per heavy atom. The molecule has 26 heavy (non-hydrogen) atoms. The Morgan fingerprint density at radius 1 is 1.35 bits per heavy atom. The van der Waals surface area contributed by atoms with Crippen LogP contribution in [0.25, 0.3) is 0 Å². The number of hydrogen-bond donors (Lipinski definition) is 1. The fourth-order valence-corrected chi connectivity index (χ4v) is 3.22. The van der Waals surface area contributed by atoms with Gasteiger partial charge in [0.05, 0.1) is 6.54 Å². The molecule has 2 amide bonds. The van der Waals surface area contributed by atoms with Gasteiger partial charge in [-0.05, 0) is 69.4 Å². The number of nitrogens with one attached hydrogen (secondary N) is 1. The summed E-state index contributed by atoms with van der Waals surface area (Å²) in [5, 5.41) is 3.62. The lowest BCUT2D eigenvalue weighted by molar-refractivity contribution is 0.187. The van der Waals surface area contributed by atoms with Crippen molar-refractivity contribution < 1.29 is 9.53 Å². The number of likely N-dealkylation sites (N-methyl/N-ethyl adjacent to an activating group) is 1. The van der Waals surface area contributed by atoms with Gasteiger partial charge in [-0.2, -0.15) is 0 Å². The summed E-state index contributed by atoms with van der Waals surface area (Å²) in [5.74, 6) is 1.60. The minimum Gasteiger partial charge on any atom is -0.492 e. The average Bonchev–Trinajstić information content (AvgIpc) is 2.63. The number of benzene rings is 1. The van der Waals surface area contributed by atoms with E-state index in [1.807, 2.05) is 12.1 Å². The van der Waals surface area contributed by atoms with E-state index in [0.29, 0.717) is 18.2 Å². The summed E-state index contributed by atoms with van der Waals surface area (Å²) in [6.07, 6.45) is 4.79. The smallest absolute Gasteiger partial charge is 0.317 e. The Kier molecular flexibility index (Phi) is 9.06. The molecule has 1 N–H and O–H groups in total. The van der Waals surface area contributed by atoms with Crippen LogP contribution < -0.4 is 10.1 Å². The first-order valence-electron chi connectivity index (χ1n) is 9.64. The molecule has 1 aromatic carbocycles. The molecule has 0 saturated carbocycles. The van der Waals surface area contributed by atoms with E-state index in [-0.39, 0.29) is 6.03 Å². The predicted octanol–water partition coefficient (Wildman–Crippen LogP) is 3.87. The molecular weight excluding hydrogens is 350 g/mol. The van der Waals surface area contributed by atoms with Crippen LogP contribution in [0.1, 0.15) is 32.6 Å². The van der Waals surface area contributed by atoms with Gasteiger partial charge in [0.15, 0.2) is 0 Å². The van der Waals surface area contributed by atoms with E-state index >= 15 is 0 Å². The number of rotatable bonds is 9. The second-order valence-electron chi connectivity index (χ2n) is 7.19. The van der Waals surface area contributed by atoms with E-state index in [9.17, 15) is 4.79 Å². The third-order valence-corrected chi connectivity index (χ3v) is 5.13. The fourth-order valence-electron chi connectivity index (χ4n) is 3.04. The van der Waals surface area contributed by atoms with E-state index in [0.717, 1.165) is 37.6 Å². The Bertz CT molecular complexity index is 548. The quantitative estimate of drug-likeness (QED) is 0.660. The Balaban J connectivity index is 1.50. The van der Waals surface area contributed by atoms with Gasteiger partial charge in [-0.1, -0.05) is 24.6 Å². The van der Waals surface area contributed by atoms with Gasteiger partial charge in [-0.15, -0.1) is 0 Å². The van der Waals surface area contributed by atoms with Gasteiger partial charge in [-0.3, -0.25) is 0 Å². The third-order valence-electron chi connectivity index (χ3n) is 4.89. The minimum atomic E-state index is -0.0495. The van der Waals surface area contributed by atoms with E-state index < -0.39 is 0 Å². The van der Waals surface area contributed by atoms with Crippen molar-refractivity contribution in [1.82, 2.24) is 15.1 Å². The molecule has 1 fully saturated rings. The highest BCUT2D eigenvalue weighted by atomic mass is 35.5. The first kappa shape index (κ1) is 20.8. The summed E-state index contributed by atoms with van der Waals surface area (Å²) in [4.78, 5) is 16.3. The zero-order chi connectivity index (χ0) is 18.8. The number of piperidine rings is 1. The number of urea groups is 1. The highest BCUT2D eigenvalue weighted by Crippen LogP contribution is 2.17. The SMILES string of the molecule is CC1CCN(CCCCNC(=O)N(C)CCOc2cccc(Cl)c2)CC1. The van der Waals surface area contributed by atoms with Crippen LogP contribution in [0.15, 0.2) is 24.3 Å². The Hall–Kier alpha value is -1.46. The van der Waals surface area contributed by atoms with Crippen molar-refractivity contribution in [3.63, 3.8) is 0 Å². The number of unbranched alkanes of at least 4 members (excludes halogenated alkanes) is 1. The highest BCUT2D eigenvalue weighted by Gasteiger charge is 2.14. The maximum absolute atomic E-state index is 12.1. The van der Waals surface area contributed by atoms with Crippen molar-refractivity contribution in [3.05, 3.63) is 29.3 Å². The first-order valence-corrected chi connectivity index (χ1v) is 10.0. The number of hydrogen-bond acceptors (Lipinski definition) is 3. The lowest BCUT2D eigenvalue weighted by Crippen LogP contribution is -2.40. The maximum atomic E-state index is 12.1. The van der Waals surface area contributed by atoms with Gasteiger partial charge >= 0.3 is 6.03 Å². The molecule has 1 aliphatic heterocycles. The van der Waals surface area contributed by atoms with Crippen LogP contribution in [-0.2, 0) is 0 Å². The molecule has 1 heterocycles. The van der Waals surface area contributed by atoms with Crippen LogP contribution in [0.3, 0.4) is 0 Å². The predicted molar refractivity (Wildman–Crippen MR) is 107 cm³/mol. The summed E-state index contributed by atoms with van der Waals surface area (Å²) in [6, 6.07) is 7.23. The van der Waals surface area contributed by atoms with Crippen molar-refractivity contribution in [2.24, 2.45) is 5.92 Å². The van der Waals surface area contributed by atoms with Crippen LogP contribution >= 0.6 is 11.6 Å². The summed E-state index contributed by atoms with van der Waals surface area (Å²) in [5.41, 5.74) is 0. The molecule has 0 aliphatic carbocycles. The van der Waals surface area contributed by atoms with Gasteiger partial charge in [0.25, 0.3) is 0 Å². The van der Waals surface area contributed by atoms with Gasteiger partial charge in [-0.25, -0.2) is 4.79 Å². The zero-order valence-electron chi connectivity index (χ0n) is 16.0. The van der Waals surface area contributed by atoms with Crippen molar-refractivity contribution in [2.75, 3.05) is 46.4 Å². The lowest BCUT2D eigenvalue weighted by Gasteiger charge is -2.30. The monoisotopic (exact) mass is 381 g/mol. The Morgan fingerprint density at radius 2 is 2.12 bits per heavy atom. The van der Waals surface area contributed by atoms with Crippen molar-refractivity contribution in [3.8, 4) is 5.75 Å². The second kappa shape index (κ2) is 11.3. The average molecular weight is 382 g/mol. The zero-order valence-corrected chi connectivity index (χ0v) is 16.8. The van der Waals surface area contributed by atoms with Crippen molar-refractivity contribution in [1.29, 1.82) is 0 Å². The maximum Gasteiger partial charge on any atom is 0.317 e. The molecule has 0 bridgehead atoms. The summed E-state index contributed by atoms with van der Waals surface area (Å²) in [7, 11) is 1.78. The van der Waals surface area contributed by atoms with E-state index in [1.54, 1.807) is 24.1 Å². The van der Waals surface area contributed by atoms with Gasteiger partial charge < -0.3 is 19.9 Å². The van der Waals surface area contributed by atoms with E-state index in [1.165, 1.54) is 25.9 Å². The topological polar surface area (TPSA) is 44.8 Å². The molecule has 1 aliphatic rings. The molecule has 0 atom stereocenters. The molecule has 1 aromatic rings. The number of likely N-dealkylation sites (tertiary alicyclic amines) is 1. The summed E-state index contributed by atoms with van der Waals surface area (Å²) in [6.45, 7) is 7.63. The van der Waals surface area contributed by atoms with Crippen LogP contribution in [-0.4, -0.2) is 62.2 Å². The Labute approximate surface area is 162 Å². The molecular formula is C20H32ClN3O2. The molecule has 2 rings (SSSR count). The molecule has 0 aromatic heterocycles. The van der Waals surface area contributed by atoms with E-state index in [4.69, 9.17) is 16.3 Å². The van der Waals surface area contributed by atoms with Crippen LogP contribution in [0.4, 0.5) is 4.79 Å². The third kappa shape index (κ3) is 7.83. The molecule has 5 nitrogen and oxygen atoms in total. The molecule has 1 saturated heterocycles.